The predicted octanol–water partition coefficient (Wildman–Crippen LogP) is 3.15. The van der Waals surface area contributed by atoms with Gasteiger partial charge in [0.15, 0.2) is 5.76 Å². The number of fused-ring (bicyclic) bond motifs is 1. The Bertz CT molecular complexity index is 1430. The zero-order valence-corrected chi connectivity index (χ0v) is 20.3. The second-order valence-corrected chi connectivity index (χ2v) is 10.4. The van der Waals surface area contributed by atoms with Crippen molar-refractivity contribution in [1.82, 2.24) is 9.21 Å². The van der Waals surface area contributed by atoms with Gasteiger partial charge in [0.25, 0.3) is 10.0 Å². The fourth-order valence-corrected chi connectivity index (χ4v) is 6.17. The molecule has 0 radical (unpaired) electrons. The number of anilines is 1. The maximum Gasteiger partial charge on any atom is 0.265 e. The van der Waals surface area contributed by atoms with Gasteiger partial charge in [0.1, 0.15) is 12.2 Å². The summed E-state index contributed by atoms with van der Waals surface area (Å²) < 4.78 is 28.0. The standard InChI is InChI=1S/C27H25N3O5S/c31-24(29-17-15-28(16-18-29)21-11-5-2-6-12-21)19-30-25(26(32)20-9-3-1-4-10-20)27(33)22-13-7-8-14-23(22)36(30,34)35/h1-14,32H,15-19H2/b26-25-. The Morgan fingerprint density at radius 3 is 2.06 bits per heavy atom. The number of hydrogen-bond acceptors (Lipinski definition) is 6. The monoisotopic (exact) mass is 503 g/mol. The van der Waals surface area contributed by atoms with Crippen LogP contribution < -0.4 is 4.90 Å². The summed E-state index contributed by atoms with van der Waals surface area (Å²) in [5.41, 5.74) is 0.888. The molecular formula is C27H25N3O5S. The minimum Gasteiger partial charge on any atom is -0.505 e. The SMILES string of the molecule is O=C1/C(=C(/O)c2ccccc2)N(CC(=O)N2CCN(c3ccccc3)CC2)S(=O)(=O)c2ccccc21. The summed E-state index contributed by atoms with van der Waals surface area (Å²) in [7, 11) is -4.27. The molecule has 2 aliphatic heterocycles. The van der Waals surface area contributed by atoms with E-state index in [9.17, 15) is 23.1 Å². The van der Waals surface area contributed by atoms with E-state index < -0.39 is 39.7 Å². The lowest BCUT2D eigenvalue weighted by atomic mass is 10.0. The summed E-state index contributed by atoms with van der Waals surface area (Å²) in [6, 6.07) is 23.9. The van der Waals surface area contributed by atoms with E-state index in [4.69, 9.17) is 0 Å². The van der Waals surface area contributed by atoms with Crippen molar-refractivity contribution >= 4 is 33.2 Å². The number of hydrogen-bond donors (Lipinski definition) is 1. The van der Waals surface area contributed by atoms with Crippen LogP contribution in [0.25, 0.3) is 5.76 Å². The topological polar surface area (TPSA) is 98.2 Å². The highest BCUT2D eigenvalue weighted by atomic mass is 32.2. The molecule has 3 aromatic carbocycles. The van der Waals surface area contributed by atoms with Crippen molar-refractivity contribution in [3.63, 3.8) is 0 Å². The van der Waals surface area contributed by atoms with Gasteiger partial charge in [-0.3, -0.25) is 9.59 Å². The Hall–Kier alpha value is -4.11. The Morgan fingerprint density at radius 2 is 1.39 bits per heavy atom. The maximum absolute atomic E-state index is 13.6. The van der Waals surface area contributed by atoms with Gasteiger partial charge in [-0.05, 0) is 24.3 Å². The van der Waals surface area contributed by atoms with Crippen LogP contribution >= 0.6 is 0 Å². The number of aliphatic hydroxyl groups is 1. The summed E-state index contributed by atoms with van der Waals surface area (Å²) in [5.74, 6) is -1.57. The number of benzene rings is 3. The molecule has 3 aromatic rings. The minimum atomic E-state index is -4.27. The van der Waals surface area contributed by atoms with Crippen LogP contribution in [0.3, 0.4) is 0 Å². The fourth-order valence-electron chi connectivity index (χ4n) is 4.56. The highest BCUT2D eigenvalue weighted by Crippen LogP contribution is 2.35. The first kappa shape index (κ1) is 23.6. The summed E-state index contributed by atoms with van der Waals surface area (Å²) in [5, 5.41) is 11.0. The number of sulfonamides is 1. The van der Waals surface area contributed by atoms with Crippen LogP contribution in [-0.4, -0.2) is 67.1 Å². The number of carbonyl (C=O) groups excluding carboxylic acids is 2. The summed E-state index contributed by atoms with van der Waals surface area (Å²) in [4.78, 5) is 30.3. The van der Waals surface area contributed by atoms with Crippen LogP contribution in [0.5, 0.6) is 0 Å². The largest absolute Gasteiger partial charge is 0.505 e. The van der Waals surface area contributed by atoms with E-state index in [2.05, 4.69) is 4.90 Å². The quantitative estimate of drug-likeness (QED) is 0.434. The summed E-state index contributed by atoms with van der Waals surface area (Å²) >= 11 is 0. The molecule has 1 saturated heterocycles. The molecule has 0 spiro atoms. The van der Waals surface area contributed by atoms with Crippen molar-refractivity contribution in [2.75, 3.05) is 37.6 Å². The zero-order chi connectivity index (χ0) is 25.3. The number of carbonyl (C=O) groups is 2. The van der Waals surface area contributed by atoms with Gasteiger partial charge in [-0.2, -0.15) is 0 Å². The van der Waals surface area contributed by atoms with E-state index >= 15 is 0 Å². The number of para-hydroxylation sites is 1. The molecule has 0 aromatic heterocycles. The molecule has 9 heteroatoms. The van der Waals surface area contributed by atoms with E-state index in [1.165, 1.54) is 18.2 Å². The number of rotatable bonds is 4. The highest BCUT2D eigenvalue weighted by molar-refractivity contribution is 7.89. The second-order valence-electron chi connectivity index (χ2n) is 8.60. The third kappa shape index (κ3) is 4.22. The third-order valence-corrected chi connectivity index (χ3v) is 8.27. The molecule has 36 heavy (non-hydrogen) atoms. The molecule has 0 atom stereocenters. The van der Waals surface area contributed by atoms with Crippen LogP contribution in [-0.2, 0) is 14.8 Å². The molecule has 1 fully saturated rings. The molecular weight excluding hydrogens is 478 g/mol. The van der Waals surface area contributed by atoms with Crippen molar-refractivity contribution < 1.29 is 23.1 Å². The van der Waals surface area contributed by atoms with Crippen molar-refractivity contribution in [2.45, 2.75) is 4.90 Å². The zero-order valence-electron chi connectivity index (χ0n) is 19.4. The van der Waals surface area contributed by atoms with Crippen molar-refractivity contribution in [2.24, 2.45) is 0 Å². The third-order valence-electron chi connectivity index (χ3n) is 6.47. The van der Waals surface area contributed by atoms with Crippen LogP contribution in [0.1, 0.15) is 15.9 Å². The number of aliphatic hydroxyl groups excluding tert-OH is 1. The number of amides is 1. The molecule has 1 N–H and O–H groups in total. The predicted molar refractivity (Wildman–Crippen MR) is 136 cm³/mol. The van der Waals surface area contributed by atoms with Crippen LogP contribution in [0.4, 0.5) is 5.69 Å². The Morgan fingerprint density at radius 1 is 0.806 bits per heavy atom. The molecule has 184 valence electrons. The fraction of sp³-hybridized carbons (Fsp3) is 0.185. The van der Waals surface area contributed by atoms with Gasteiger partial charge in [-0.15, -0.1) is 0 Å². The van der Waals surface area contributed by atoms with Crippen molar-refractivity contribution in [1.29, 1.82) is 0 Å². The van der Waals surface area contributed by atoms with Gasteiger partial charge in [-0.1, -0.05) is 60.7 Å². The number of allylic oxidation sites excluding steroid dienone is 1. The van der Waals surface area contributed by atoms with Crippen molar-refractivity contribution in [3.05, 3.63) is 102 Å². The second kappa shape index (κ2) is 9.50. The molecule has 8 nitrogen and oxygen atoms in total. The maximum atomic E-state index is 13.6. The normalized spacial score (nSPS) is 18.6. The van der Waals surface area contributed by atoms with E-state index in [-0.39, 0.29) is 16.0 Å². The van der Waals surface area contributed by atoms with Gasteiger partial charge in [0.05, 0.1) is 4.90 Å². The highest BCUT2D eigenvalue weighted by Gasteiger charge is 2.43. The molecule has 5 rings (SSSR count). The molecule has 0 aliphatic carbocycles. The number of ketones is 1. The first-order chi connectivity index (χ1) is 17.4. The molecule has 0 bridgehead atoms. The first-order valence-corrected chi connectivity index (χ1v) is 13.0. The van der Waals surface area contributed by atoms with Gasteiger partial charge in [-0.25, -0.2) is 12.7 Å². The number of nitrogens with zero attached hydrogens (tertiary/aromatic N) is 3. The molecule has 1 amide bonds. The van der Waals surface area contributed by atoms with Crippen LogP contribution in [0, 0.1) is 0 Å². The Kier molecular flexibility index (Phi) is 6.24. The molecule has 2 heterocycles. The van der Waals surface area contributed by atoms with Gasteiger partial charge in [0, 0.05) is 43.0 Å². The number of Topliss-reactive ketones (excluding diaryl/α,β-unsaturated/α-hetero) is 1. The summed E-state index contributed by atoms with van der Waals surface area (Å²) in [6.45, 7) is 1.44. The van der Waals surface area contributed by atoms with E-state index in [1.807, 2.05) is 30.3 Å². The smallest absolute Gasteiger partial charge is 0.265 e. The lowest BCUT2D eigenvalue weighted by Gasteiger charge is -2.38. The lowest BCUT2D eigenvalue weighted by Crippen LogP contribution is -2.52. The average molecular weight is 504 g/mol. The van der Waals surface area contributed by atoms with Gasteiger partial charge in [0.2, 0.25) is 11.7 Å². The van der Waals surface area contributed by atoms with E-state index in [0.717, 1.165) is 9.99 Å². The van der Waals surface area contributed by atoms with Gasteiger partial charge < -0.3 is 14.9 Å². The molecule has 0 unspecified atom stereocenters. The van der Waals surface area contributed by atoms with Crippen molar-refractivity contribution in [3.8, 4) is 0 Å². The molecule has 2 aliphatic rings. The Labute approximate surface area is 209 Å². The van der Waals surface area contributed by atoms with E-state index in [1.54, 1.807) is 41.3 Å². The summed E-state index contributed by atoms with van der Waals surface area (Å²) in [6.07, 6.45) is 0. The number of piperazine rings is 1. The van der Waals surface area contributed by atoms with E-state index in [0.29, 0.717) is 26.2 Å². The lowest BCUT2D eigenvalue weighted by molar-refractivity contribution is -0.131. The minimum absolute atomic E-state index is 0.0323. The average Bonchev–Trinajstić information content (AvgIpc) is 2.93. The van der Waals surface area contributed by atoms with Gasteiger partial charge >= 0.3 is 0 Å². The van der Waals surface area contributed by atoms with Crippen LogP contribution in [0.2, 0.25) is 0 Å². The molecule has 0 saturated carbocycles. The Balaban J connectivity index is 1.46. The first-order valence-electron chi connectivity index (χ1n) is 11.6. The van der Waals surface area contributed by atoms with Crippen LogP contribution in [0.15, 0.2) is 95.5 Å².